The lowest BCUT2D eigenvalue weighted by atomic mass is 10.2. The Kier molecular flexibility index (Phi) is 3.66. The fourth-order valence-electron chi connectivity index (χ4n) is 3.03. The van der Waals surface area contributed by atoms with Crippen molar-refractivity contribution in [1.29, 1.82) is 0 Å². The molecule has 5 nitrogen and oxygen atoms in total. The van der Waals surface area contributed by atoms with Gasteiger partial charge in [-0.25, -0.2) is 9.78 Å². The quantitative estimate of drug-likeness (QED) is 0.671. The van der Waals surface area contributed by atoms with Gasteiger partial charge in [0.2, 0.25) is 0 Å². The fraction of sp³-hybridized carbons (Fsp3) is 0.375. The van der Waals surface area contributed by atoms with E-state index in [-0.39, 0.29) is 0 Å². The third-order valence-electron chi connectivity index (χ3n) is 4.11. The molecular weight excluding hydrogens is 334 g/mol. The molecule has 0 aliphatic carbocycles. The molecule has 2 aromatic heterocycles. The monoisotopic (exact) mass is 349 g/mol. The van der Waals surface area contributed by atoms with E-state index in [1.807, 2.05) is 4.40 Å². The van der Waals surface area contributed by atoms with Crippen molar-refractivity contribution in [3.8, 4) is 0 Å². The second-order valence-electron chi connectivity index (χ2n) is 5.54. The van der Waals surface area contributed by atoms with Crippen LogP contribution in [0.15, 0.2) is 18.3 Å². The van der Waals surface area contributed by atoms with Gasteiger partial charge in [-0.3, -0.25) is 4.40 Å². The first kappa shape index (κ1) is 14.8. The number of carbonyl (C=O) groups excluding carboxylic acids is 1. The number of rotatable bonds is 3. The Hall–Kier alpha value is -1.79. The second-order valence-corrected chi connectivity index (χ2v) is 6.90. The predicted octanol–water partition coefficient (Wildman–Crippen LogP) is 3.98. The summed E-state index contributed by atoms with van der Waals surface area (Å²) in [6.45, 7) is 4.24. The van der Waals surface area contributed by atoms with Gasteiger partial charge in [0.25, 0.3) is 0 Å². The lowest BCUT2D eigenvalue weighted by Crippen LogP contribution is -2.17. The molecule has 120 valence electrons. The lowest BCUT2D eigenvalue weighted by Gasteiger charge is -2.19. The van der Waals surface area contributed by atoms with Crippen LogP contribution in [-0.4, -0.2) is 35.1 Å². The standard InChI is InChI=1S/C16H16ClN3O2S/c1-2-22-15(21)10-9-20-12-6-5-11(19-7-3-4-8-19)13(17)14(12)23-16(20)18-10/h5-6,9H,2-4,7-8H2,1H3. The summed E-state index contributed by atoms with van der Waals surface area (Å²) in [5, 5.41) is 0.776. The summed E-state index contributed by atoms with van der Waals surface area (Å²) in [4.78, 5) is 19.3. The highest BCUT2D eigenvalue weighted by atomic mass is 35.5. The first-order valence-electron chi connectivity index (χ1n) is 7.71. The van der Waals surface area contributed by atoms with Gasteiger partial charge in [-0.2, -0.15) is 0 Å². The highest BCUT2D eigenvalue weighted by Gasteiger charge is 2.20. The first-order chi connectivity index (χ1) is 11.2. The first-order valence-corrected chi connectivity index (χ1v) is 8.90. The maximum absolute atomic E-state index is 11.8. The van der Waals surface area contributed by atoms with Crippen LogP contribution in [0.25, 0.3) is 15.2 Å². The SMILES string of the molecule is CCOC(=O)c1cn2c(n1)sc1c(Cl)c(N3CCCC3)ccc12. The normalized spacial score (nSPS) is 15.0. The van der Waals surface area contributed by atoms with Crippen LogP contribution >= 0.6 is 22.9 Å². The number of esters is 1. The van der Waals surface area contributed by atoms with Crippen molar-refractivity contribution in [3.63, 3.8) is 0 Å². The number of hydrogen-bond acceptors (Lipinski definition) is 5. The summed E-state index contributed by atoms with van der Waals surface area (Å²) in [6, 6.07) is 4.11. The molecule has 1 saturated heterocycles. The zero-order valence-corrected chi connectivity index (χ0v) is 14.3. The molecule has 0 radical (unpaired) electrons. The minimum atomic E-state index is -0.392. The number of aromatic nitrogens is 2. The molecule has 1 aromatic carbocycles. The van der Waals surface area contributed by atoms with Crippen molar-refractivity contribution in [2.24, 2.45) is 0 Å². The Balaban J connectivity index is 1.81. The Bertz CT molecular complexity index is 896. The molecule has 0 unspecified atom stereocenters. The van der Waals surface area contributed by atoms with Gasteiger partial charge in [0.1, 0.15) is 0 Å². The van der Waals surface area contributed by atoms with Gasteiger partial charge >= 0.3 is 5.97 Å². The van der Waals surface area contributed by atoms with Gasteiger partial charge in [-0.15, -0.1) is 0 Å². The van der Waals surface area contributed by atoms with Crippen LogP contribution in [0, 0.1) is 0 Å². The summed E-state index contributed by atoms with van der Waals surface area (Å²) in [5.41, 5.74) is 2.40. The highest BCUT2D eigenvalue weighted by Crippen LogP contribution is 2.39. The summed E-state index contributed by atoms with van der Waals surface area (Å²) in [5.74, 6) is -0.392. The van der Waals surface area contributed by atoms with Gasteiger partial charge in [0.15, 0.2) is 10.7 Å². The number of ether oxygens (including phenoxy) is 1. The topological polar surface area (TPSA) is 46.8 Å². The third kappa shape index (κ3) is 2.37. The molecule has 1 aliphatic heterocycles. The van der Waals surface area contributed by atoms with E-state index in [1.54, 1.807) is 13.1 Å². The van der Waals surface area contributed by atoms with Crippen LogP contribution in [0.1, 0.15) is 30.3 Å². The van der Waals surface area contributed by atoms with Crippen molar-refractivity contribution in [2.75, 3.05) is 24.6 Å². The fourth-order valence-corrected chi connectivity index (χ4v) is 4.46. The Labute approximate surface area is 142 Å². The number of anilines is 1. The number of thiazole rings is 1. The lowest BCUT2D eigenvalue weighted by molar-refractivity contribution is 0.0520. The van der Waals surface area contributed by atoms with E-state index in [2.05, 4.69) is 22.0 Å². The van der Waals surface area contributed by atoms with Gasteiger partial charge in [0, 0.05) is 19.3 Å². The van der Waals surface area contributed by atoms with E-state index in [4.69, 9.17) is 16.3 Å². The van der Waals surface area contributed by atoms with Crippen LogP contribution in [-0.2, 0) is 4.74 Å². The van der Waals surface area contributed by atoms with Crippen molar-refractivity contribution in [3.05, 3.63) is 29.0 Å². The number of hydrogen-bond donors (Lipinski definition) is 0. The van der Waals surface area contributed by atoms with Gasteiger partial charge in [0.05, 0.1) is 27.5 Å². The van der Waals surface area contributed by atoms with Crippen molar-refractivity contribution >= 4 is 49.8 Å². The number of halogens is 1. The summed E-state index contributed by atoms with van der Waals surface area (Å²) >= 11 is 8.14. The summed E-state index contributed by atoms with van der Waals surface area (Å²) in [6.07, 6.45) is 4.15. The molecule has 0 N–H and O–H groups in total. The maximum Gasteiger partial charge on any atom is 0.358 e. The van der Waals surface area contributed by atoms with E-state index in [0.29, 0.717) is 12.3 Å². The largest absolute Gasteiger partial charge is 0.461 e. The molecule has 7 heteroatoms. The maximum atomic E-state index is 11.8. The van der Waals surface area contributed by atoms with Crippen LogP contribution in [0.3, 0.4) is 0 Å². The second kappa shape index (κ2) is 5.69. The average Bonchev–Trinajstić information content (AvgIpc) is 3.23. The Morgan fingerprint density at radius 2 is 2.17 bits per heavy atom. The van der Waals surface area contributed by atoms with Crippen molar-refractivity contribution < 1.29 is 9.53 Å². The minimum absolute atomic E-state index is 0.333. The molecule has 0 saturated carbocycles. The number of benzene rings is 1. The molecule has 3 aromatic rings. The summed E-state index contributed by atoms with van der Waals surface area (Å²) < 4.78 is 7.92. The molecule has 0 bridgehead atoms. The molecule has 4 rings (SSSR count). The molecule has 3 heterocycles. The van der Waals surface area contributed by atoms with Crippen LogP contribution in [0.2, 0.25) is 5.02 Å². The highest BCUT2D eigenvalue weighted by molar-refractivity contribution is 7.24. The third-order valence-corrected chi connectivity index (χ3v) is 5.70. The molecule has 0 amide bonds. The number of carbonyl (C=O) groups is 1. The molecule has 23 heavy (non-hydrogen) atoms. The number of nitrogens with zero attached hydrogens (tertiary/aromatic N) is 3. The molecule has 0 atom stereocenters. The van der Waals surface area contributed by atoms with E-state index in [0.717, 1.165) is 39.0 Å². The smallest absolute Gasteiger partial charge is 0.358 e. The number of fused-ring (bicyclic) bond motifs is 3. The molecule has 1 fully saturated rings. The van der Waals surface area contributed by atoms with Gasteiger partial charge in [-0.1, -0.05) is 22.9 Å². The molecule has 0 spiro atoms. The van der Waals surface area contributed by atoms with Crippen molar-refractivity contribution in [2.45, 2.75) is 19.8 Å². The van der Waals surface area contributed by atoms with Gasteiger partial charge in [-0.05, 0) is 31.9 Å². The van der Waals surface area contributed by atoms with Crippen LogP contribution in [0.4, 0.5) is 5.69 Å². The minimum Gasteiger partial charge on any atom is -0.461 e. The predicted molar refractivity (Wildman–Crippen MR) is 93.0 cm³/mol. The summed E-state index contributed by atoms with van der Waals surface area (Å²) in [7, 11) is 0. The van der Waals surface area contributed by atoms with Gasteiger partial charge < -0.3 is 9.64 Å². The van der Waals surface area contributed by atoms with E-state index in [9.17, 15) is 4.79 Å². The van der Waals surface area contributed by atoms with Crippen molar-refractivity contribution in [1.82, 2.24) is 9.38 Å². The van der Waals surface area contributed by atoms with E-state index < -0.39 is 5.97 Å². The zero-order valence-electron chi connectivity index (χ0n) is 12.7. The molecular formula is C16H16ClN3O2S. The van der Waals surface area contributed by atoms with Crippen LogP contribution < -0.4 is 4.90 Å². The van der Waals surface area contributed by atoms with Crippen LogP contribution in [0.5, 0.6) is 0 Å². The van der Waals surface area contributed by atoms with E-state index in [1.165, 1.54) is 24.2 Å². The molecule has 1 aliphatic rings. The average molecular weight is 350 g/mol. The number of imidazole rings is 1. The Morgan fingerprint density at radius 3 is 2.91 bits per heavy atom. The zero-order chi connectivity index (χ0) is 16.0. The van der Waals surface area contributed by atoms with E-state index >= 15 is 0 Å². The Morgan fingerprint density at radius 1 is 1.39 bits per heavy atom.